The number of nitrogens with zero attached hydrogens (tertiary/aromatic N) is 4. The Hall–Kier alpha value is -2.75. The lowest BCUT2D eigenvalue weighted by Crippen LogP contribution is -2.48. The van der Waals surface area contributed by atoms with Crippen LogP contribution >= 0.6 is 0 Å². The van der Waals surface area contributed by atoms with Crippen LogP contribution in [0.1, 0.15) is 12.5 Å². The van der Waals surface area contributed by atoms with Crippen LogP contribution in [0.2, 0.25) is 0 Å². The molecule has 0 atom stereocenters. The predicted octanol–water partition coefficient (Wildman–Crippen LogP) is 1.39. The van der Waals surface area contributed by atoms with Gasteiger partial charge in [0.1, 0.15) is 5.82 Å². The van der Waals surface area contributed by atoms with Crippen LogP contribution in [0.15, 0.2) is 35.2 Å². The number of benzene rings is 1. The molecule has 0 spiro atoms. The second kappa shape index (κ2) is 7.47. The number of sulfonamides is 1. The number of aromatic nitrogens is 2. The van der Waals surface area contributed by atoms with Gasteiger partial charge in [0.05, 0.1) is 4.90 Å². The number of anilines is 2. The molecule has 1 fully saturated rings. The molecular formula is C17H20FN5O3S. The number of halogens is 1. The highest BCUT2D eigenvalue weighted by Gasteiger charge is 2.21. The van der Waals surface area contributed by atoms with Crippen molar-refractivity contribution >= 4 is 27.6 Å². The average Bonchev–Trinajstić information content (AvgIpc) is 2.62. The minimum absolute atomic E-state index is 0.0184. The Kier molecular flexibility index (Phi) is 5.26. The van der Waals surface area contributed by atoms with E-state index in [2.05, 4.69) is 14.9 Å². The molecule has 3 rings (SSSR count). The number of rotatable bonds is 4. The van der Waals surface area contributed by atoms with Gasteiger partial charge in [-0.2, -0.15) is 0 Å². The highest BCUT2D eigenvalue weighted by Crippen LogP contribution is 2.20. The lowest BCUT2D eigenvalue weighted by Gasteiger charge is -2.34. The minimum atomic E-state index is -3.89. The van der Waals surface area contributed by atoms with Crippen molar-refractivity contribution in [2.24, 2.45) is 0 Å². The van der Waals surface area contributed by atoms with E-state index in [0.29, 0.717) is 37.6 Å². The Balaban J connectivity index is 1.70. The summed E-state index contributed by atoms with van der Waals surface area (Å²) in [5.74, 6) is 0.228. The van der Waals surface area contributed by atoms with Crippen LogP contribution in [0.5, 0.6) is 0 Å². The maximum atomic E-state index is 13.2. The van der Waals surface area contributed by atoms with Gasteiger partial charge < -0.3 is 9.80 Å². The van der Waals surface area contributed by atoms with Gasteiger partial charge in [-0.3, -0.25) is 9.52 Å². The van der Waals surface area contributed by atoms with Crippen LogP contribution < -0.4 is 9.62 Å². The quantitative estimate of drug-likeness (QED) is 0.844. The number of carbonyl (C=O) groups is 1. The lowest BCUT2D eigenvalue weighted by molar-refractivity contribution is -0.129. The van der Waals surface area contributed by atoms with Crippen molar-refractivity contribution < 1.29 is 17.6 Å². The molecule has 144 valence electrons. The SMILES string of the molecule is CC(=O)N1CCN(c2ccc(NS(=O)(=O)c3ccc(F)cc3C)nn2)CC1. The zero-order chi connectivity index (χ0) is 19.6. The van der Waals surface area contributed by atoms with E-state index in [1.165, 1.54) is 19.1 Å². The molecule has 2 aromatic rings. The van der Waals surface area contributed by atoms with Crippen LogP contribution in [0.3, 0.4) is 0 Å². The normalized spacial score (nSPS) is 14.9. The third kappa shape index (κ3) is 4.33. The average molecular weight is 393 g/mol. The first-order valence-electron chi connectivity index (χ1n) is 8.39. The van der Waals surface area contributed by atoms with Crippen molar-refractivity contribution in [3.63, 3.8) is 0 Å². The fourth-order valence-electron chi connectivity index (χ4n) is 2.91. The van der Waals surface area contributed by atoms with Crippen molar-refractivity contribution in [2.75, 3.05) is 35.8 Å². The molecule has 1 aliphatic heterocycles. The molecule has 0 aliphatic carbocycles. The number of amides is 1. The number of piperazine rings is 1. The molecule has 27 heavy (non-hydrogen) atoms. The topological polar surface area (TPSA) is 95.5 Å². The third-order valence-corrected chi connectivity index (χ3v) is 5.88. The molecule has 1 N–H and O–H groups in total. The highest BCUT2D eigenvalue weighted by molar-refractivity contribution is 7.92. The van der Waals surface area contributed by atoms with Crippen LogP contribution in [-0.4, -0.2) is 55.6 Å². The largest absolute Gasteiger partial charge is 0.352 e. The molecule has 0 radical (unpaired) electrons. The molecule has 1 aromatic heterocycles. The van der Waals surface area contributed by atoms with Gasteiger partial charge in [0, 0.05) is 33.1 Å². The monoisotopic (exact) mass is 393 g/mol. The van der Waals surface area contributed by atoms with E-state index in [9.17, 15) is 17.6 Å². The van der Waals surface area contributed by atoms with Crippen molar-refractivity contribution in [1.82, 2.24) is 15.1 Å². The Morgan fingerprint density at radius 2 is 1.81 bits per heavy atom. The molecule has 1 aliphatic rings. The smallest absolute Gasteiger partial charge is 0.263 e. The molecule has 0 unspecified atom stereocenters. The number of aryl methyl sites for hydroxylation is 1. The molecule has 2 heterocycles. The van der Waals surface area contributed by atoms with Crippen molar-refractivity contribution in [2.45, 2.75) is 18.7 Å². The van der Waals surface area contributed by atoms with Crippen molar-refractivity contribution in [3.05, 3.63) is 41.7 Å². The van der Waals surface area contributed by atoms with Crippen molar-refractivity contribution in [3.8, 4) is 0 Å². The summed E-state index contributed by atoms with van der Waals surface area (Å²) in [7, 11) is -3.89. The number of hydrogen-bond acceptors (Lipinski definition) is 6. The third-order valence-electron chi connectivity index (χ3n) is 4.36. The molecule has 1 saturated heterocycles. The molecule has 1 amide bonds. The Morgan fingerprint density at radius 1 is 1.11 bits per heavy atom. The van der Waals surface area contributed by atoms with Gasteiger partial charge in [0.2, 0.25) is 5.91 Å². The zero-order valence-electron chi connectivity index (χ0n) is 15.0. The van der Waals surface area contributed by atoms with Crippen LogP contribution in [-0.2, 0) is 14.8 Å². The van der Waals surface area contributed by atoms with E-state index in [1.807, 2.05) is 4.90 Å². The summed E-state index contributed by atoms with van der Waals surface area (Å²) in [5, 5.41) is 8.00. The molecule has 10 heteroatoms. The maximum absolute atomic E-state index is 13.2. The number of nitrogens with one attached hydrogen (secondary N) is 1. The van der Waals surface area contributed by atoms with Crippen molar-refractivity contribution in [1.29, 1.82) is 0 Å². The molecule has 8 nitrogen and oxygen atoms in total. The van der Waals surface area contributed by atoms with Gasteiger partial charge in [-0.05, 0) is 42.8 Å². The van der Waals surface area contributed by atoms with Gasteiger partial charge >= 0.3 is 0 Å². The van der Waals surface area contributed by atoms with Gasteiger partial charge in [0.15, 0.2) is 11.6 Å². The van der Waals surface area contributed by atoms with Crippen LogP contribution in [0, 0.1) is 12.7 Å². The first-order valence-corrected chi connectivity index (χ1v) is 9.88. The van der Waals surface area contributed by atoms with E-state index in [4.69, 9.17) is 0 Å². The molecule has 0 bridgehead atoms. The van der Waals surface area contributed by atoms with Gasteiger partial charge in [0.25, 0.3) is 10.0 Å². The maximum Gasteiger partial charge on any atom is 0.263 e. The highest BCUT2D eigenvalue weighted by atomic mass is 32.2. The molecular weight excluding hydrogens is 373 g/mol. The summed E-state index contributed by atoms with van der Waals surface area (Å²) in [6.45, 7) is 5.54. The van der Waals surface area contributed by atoms with Gasteiger partial charge in [-0.25, -0.2) is 12.8 Å². The standard InChI is InChI=1S/C17H20FN5O3S/c1-12-11-14(18)3-4-15(12)27(25,26)21-16-5-6-17(20-19-16)23-9-7-22(8-10-23)13(2)24/h3-6,11H,7-10H2,1-2H3,(H,19,21). The van der Waals surface area contributed by atoms with E-state index >= 15 is 0 Å². The fraction of sp³-hybridized carbons (Fsp3) is 0.353. The second-order valence-corrected chi connectivity index (χ2v) is 7.94. The van der Waals surface area contributed by atoms with Crippen LogP contribution in [0.25, 0.3) is 0 Å². The Morgan fingerprint density at radius 3 is 2.37 bits per heavy atom. The Bertz CT molecular complexity index is 942. The predicted molar refractivity (Wildman–Crippen MR) is 98.4 cm³/mol. The summed E-state index contributed by atoms with van der Waals surface area (Å²) in [6.07, 6.45) is 0. The molecule has 1 aromatic carbocycles. The molecule has 0 saturated carbocycles. The number of carbonyl (C=O) groups excluding carboxylic acids is 1. The Labute approximate surface area is 157 Å². The van der Waals surface area contributed by atoms with E-state index in [-0.39, 0.29) is 16.6 Å². The first-order chi connectivity index (χ1) is 12.8. The zero-order valence-corrected chi connectivity index (χ0v) is 15.8. The number of hydrogen-bond donors (Lipinski definition) is 1. The van der Waals surface area contributed by atoms with Gasteiger partial charge in [-0.1, -0.05) is 0 Å². The second-order valence-electron chi connectivity index (χ2n) is 6.29. The summed E-state index contributed by atoms with van der Waals surface area (Å²) in [6, 6.07) is 6.66. The first kappa shape index (κ1) is 19.0. The fourth-order valence-corrected chi connectivity index (χ4v) is 4.13. The summed E-state index contributed by atoms with van der Waals surface area (Å²) in [5.41, 5.74) is 0.301. The summed E-state index contributed by atoms with van der Waals surface area (Å²) < 4.78 is 40.5. The van der Waals surface area contributed by atoms with E-state index in [1.54, 1.807) is 17.9 Å². The van der Waals surface area contributed by atoms with Gasteiger partial charge in [-0.15, -0.1) is 10.2 Å². The van der Waals surface area contributed by atoms with E-state index < -0.39 is 15.8 Å². The van der Waals surface area contributed by atoms with Crippen LogP contribution in [0.4, 0.5) is 16.0 Å². The summed E-state index contributed by atoms with van der Waals surface area (Å²) >= 11 is 0. The van der Waals surface area contributed by atoms with E-state index in [0.717, 1.165) is 12.1 Å². The minimum Gasteiger partial charge on any atom is -0.352 e. The lowest BCUT2D eigenvalue weighted by atomic mass is 10.2. The summed E-state index contributed by atoms with van der Waals surface area (Å²) in [4.78, 5) is 15.1.